The van der Waals surface area contributed by atoms with Crippen molar-refractivity contribution in [3.05, 3.63) is 65.5 Å². The number of nitrogens with two attached hydrogens (primary N) is 1. The Morgan fingerprint density at radius 3 is 2.38 bits per heavy atom. The molecule has 1 unspecified atom stereocenters. The molecule has 9 heteroatoms. The van der Waals surface area contributed by atoms with Gasteiger partial charge in [-0.2, -0.15) is 0 Å². The third-order valence-electron chi connectivity index (χ3n) is 5.42. The molecule has 0 saturated heterocycles. The van der Waals surface area contributed by atoms with Crippen LogP contribution in [-0.2, 0) is 11.4 Å². The number of methoxy groups -OCH3 is 1. The van der Waals surface area contributed by atoms with Crippen molar-refractivity contribution in [2.75, 3.05) is 18.7 Å². The first kappa shape index (κ1) is 25.4. The van der Waals surface area contributed by atoms with Crippen molar-refractivity contribution >= 4 is 17.7 Å². The maximum atomic E-state index is 12.7. The van der Waals surface area contributed by atoms with E-state index in [4.69, 9.17) is 15.3 Å². The van der Waals surface area contributed by atoms with Gasteiger partial charge >= 0.3 is 0 Å². The molecule has 34 heavy (non-hydrogen) atoms. The highest BCUT2D eigenvalue weighted by Gasteiger charge is 2.20. The molecule has 0 aliphatic heterocycles. The average Bonchev–Trinajstić information content (AvgIpc) is 3.19. The van der Waals surface area contributed by atoms with Crippen LogP contribution < -0.4 is 20.6 Å². The van der Waals surface area contributed by atoms with Gasteiger partial charge in [-0.05, 0) is 35.1 Å². The lowest BCUT2D eigenvalue weighted by molar-refractivity contribution is -0.119. The minimum absolute atomic E-state index is 0.0723. The van der Waals surface area contributed by atoms with Gasteiger partial charge < -0.3 is 20.6 Å². The summed E-state index contributed by atoms with van der Waals surface area (Å²) in [4.78, 5) is 12.7. The van der Waals surface area contributed by atoms with Crippen LogP contribution in [0, 0.1) is 5.92 Å². The Labute approximate surface area is 205 Å². The van der Waals surface area contributed by atoms with Crippen molar-refractivity contribution in [3.63, 3.8) is 0 Å². The zero-order valence-electron chi connectivity index (χ0n) is 20.3. The van der Waals surface area contributed by atoms with Gasteiger partial charge in [-0.1, -0.05) is 69.8 Å². The number of aromatic nitrogens is 3. The van der Waals surface area contributed by atoms with Gasteiger partial charge in [0.1, 0.15) is 18.1 Å². The van der Waals surface area contributed by atoms with Crippen LogP contribution in [0.3, 0.4) is 0 Å². The number of carbonyl (C=O) groups is 1. The standard InChI is InChI=1S/C25H33N5O3S/c1-16(2)18-9-11-19(12-10-18)24(17(3)4)27-23(31)15-34-25-29-28-22(30(25)26)14-33-21-8-6-7-20(13-21)32-5/h6-13,16-17,24H,14-15,26H2,1-5H3,(H,27,31). The molecule has 0 fully saturated rings. The Morgan fingerprint density at radius 2 is 1.74 bits per heavy atom. The molecule has 1 heterocycles. The molecule has 0 saturated carbocycles. The molecule has 1 amide bonds. The summed E-state index contributed by atoms with van der Waals surface area (Å²) in [6.07, 6.45) is 0. The highest BCUT2D eigenvalue weighted by molar-refractivity contribution is 7.99. The number of nitrogen functional groups attached to an aromatic ring is 1. The lowest BCUT2D eigenvalue weighted by Gasteiger charge is -2.23. The lowest BCUT2D eigenvalue weighted by Crippen LogP contribution is -2.33. The molecule has 8 nitrogen and oxygen atoms in total. The summed E-state index contributed by atoms with van der Waals surface area (Å²) < 4.78 is 12.3. The van der Waals surface area contributed by atoms with Crippen molar-refractivity contribution in [1.82, 2.24) is 20.2 Å². The highest BCUT2D eigenvalue weighted by Crippen LogP contribution is 2.25. The summed E-state index contributed by atoms with van der Waals surface area (Å²) in [6, 6.07) is 15.6. The lowest BCUT2D eigenvalue weighted by atomic mass is 9.93. The largest absolute Gasteiger partial charge is 0.497 e. The van der Waals surface area contributed by atoms with Crippen LogP contribution in [0.15, 0.2) is 53.7 Å². The van der Waals surface area contributed by atoms with Gasteiger partial charge in [0.25, 0.3) is 0 Å². The zero-order chi connectivity index (χ0) is 24.7. The smallest absolute Gasteiger partial charge is 0.230 e. The van der Waals surface area contributed by atoms with Gasteiger partial charge in [0.2, 0.25) is 11.1 Å². The monoisotopic (exact) mass is 483 g/mol. The SMILES string of the molecule is COc1cccc(OCc2nnc(SCC(=O)NC(c3ccc(C(C)C)cc3)C(C)C)n2N)c1. The number of nitrogens with one attached hydrogen (secondary N) is 1. The van der Waals surface area contributed by atoms with Gasteiger partial charge in [0, 0.05) is 6.07 Å². The van der Waals surface area contributed by atoms with Crippen LogP contribution >= 0.6 is 11.8 Å². The van der Waals surface area contributed by atoms with Gasteiger partial charge in [-0.3, -0.25) is 4.79 Å². The molecule has 3 aromatic rings. The summed E-state index contributed by atoms with van der Waals surface area (Å²) in [7, 11) is 1.60. The van der Waals surface area contributed by atoms with E-state index in [2.05, 4.69) is 67.5 Å². The molecule has 3 N–H and O–H groups in total. The first-order valence-corrected chi connectivity index (χ1v) is 12.2. The number of ether oxygens (including phenoxy) is 2. The number of benzene rings is 2. The second-order valence-electron chi connectivity index (χ2n) is 8.64. The van der Waals surface area contributed by atoms with E-state index >= 15 is 0 Å². The van der Waals surface area contributed by atoms with Crippen molar-refractivity contribution < 1.29 is 14.3 Å². The summed E-state index contributed by atoms with van der Waals surface area (Å²) >= 11 is 1.24. The second kappa shape index (κ2) is 11.8. The molecule has 1 atom stereocenters. The van der Waals surface area contributed by atoms with Crippen LogP contribution in [0.25, 0.3) is 0 Å². The van der Waals surface area contributed by atoms with E-state index in [1.165, 1.54) is 22.0 Å². The van der Waals surface area contributed by atoms with Crippen LogP contribution in [0.5, 0.6) is 11.5 Å². The zero-order valence-corrected chi connectivity index (χ0v) is 21.1. The summed E-state index contributed by atoms with van der Waals surface area (Å²) in [5.74, 6) is 8.72. The fourth-order valence-corrected chi connectivity index (χ4v) is 4.10. The number of nitrogens with zero attached hydrogens (tertiary/aromatic N) is 3. The van der Waals surface area contributed by atoms with Gasteiger partial charge in [-0.15, -0.1) is 10.2 Å². The van der Waals surface area contributed by atoms with E-state index in [0.717, 1.165) is 5.56 Å². The predicted molar refractivity (Wildman–Crippen MR) is 134 cm³/mol. The number of hydrogen-bond donors (Lipinski definition) is 2. The Kier molecular flexibility index (Phi) is 8.81. The summed E-state index contributed by atoms with van der Waals surface area (Å²) in [5, 5.41) is 11.8. The fraction of sp³-hybridized carbons (Fsp3) is 0.400. The van der Waals surface area contributed by atoms with Crippen molar-refractivity contribution in [2.24, 2.45) is 5.92 Å². The Balaban J connectivity index is 1.56. The highest BCUT2D eigenvalue weighted by atomic mass is 32.2. The summed E-state index contributed by atoms with van der Waals surface area (Å²) in [6.45, 7) is 8.67. The Hall–Kier alpha value is -3.20. The molecule has 3 rings (SSSR count). The van der Waals surface area contributed by atoms with Crippen molar-refractivity contribution in [2.45, 2.75) is 51.4 Å². The molecule has 0 bridgehead atoms. The Morgan fingerprint density at radius 1 is 1.06 bits per heavy atom. The van der Waals surface area contributed by atoms with Gasteiger partial charge in [0.15, 0.2) is 5.82 Å². The van der Waals surface area contributed by atoms with Crippen LogP contribution in [-0.4, -0.2) is 33.6 Å². The molecular formula is C25H33N5O3S. The molecule has 0 aliphatic rings. The maximum absolute atomic E-state index is 12.7. The number of amides is 1. The quantitative estimate of drug-likeness (QED) is 0.309. The molecule has 2 aromatic carbocycles. The molecule has 0 spiro atoms. The Bertz CT molecular complexity index is 1080. The van der Waals surface area contributed by atoms with E-state index in [0.29, 0.717) is 28.4 Å². The normalized spacial score (nSPS) is 12.1. The van der Waals surface area contributed by atoms with Crippen LogP contribution in [0.2, 0.25) is 0 Å². The van der Waals surface area contributed by atoms with Crippen molar-refractivity contribution in [3.8, 4) is 11.5 Å². The van der Waals surface area contributed by atoms with E-state index in [-0.39, 0.29) is 30.2 Å². The van der Waals surface area contributed by atoms with E-state index in [1.807, 2.05) is 18.2 Å². The molecular weight excluding hydrogens is 450 g/mol. The predicted octanol–water partition coefficient (Wildman–Crippen LogP) is 4.31. The van der Waals surface area contributed by atoms with Crippen LogP contribution in [0.4, 0.5) is 0 Å². The van der Waals surface area contributed by atoms with Gasteiger partial charge in [0.05, 0.1) is 18.9 Å². The molecule has 0 aliphatic carbocycles. The average molecular weight is 484 g/mol. The minimum Gasteiger partial charge on any atom is -0.497 e. The topological polar surface area (TPSA) is 104 Å². The van der Waals surface area contributed by atoms with Crippen LogP contribution in [0.1, 0.15) is 56.6 Å². The molecule has 182 valence electrons. The first-order valence-electron chi connectivity index (χ1n) is 11.3. The second-order valence-corrected chi connectivity index (χ2v) is 9.58. The van der Waals surface area contributed by atoms with E-state index in [1.54, 1.807) is 13.2 Å². The third-order valence-corrected chi connectivity index (χ3v) is 6.37. The number of hydrogen-bond acceptors (Lipinski definition) is 7. The fourth-order valence-electron chi connectivity index (χ4n) is 3.41. The van der Waals surface area contributed by atoms with E-state index in [9.17, 15) is 4.79 Å². The number of rotatable bonds is 11. The van der Waals surface area contributed by atoms with E-state index < -0.39 is 0 Å². The maximum Gasteiger partial charge on any atom is 0.230 e. The first-order chi connectivity index (χ1) is 16.3. The molecule has 0 radical (unpaired) electrons. The van der Waals surface area contributed by atoms with Crippen molar-refractivity contribution in [1.29, 1.82) is 0 Å². The van der Waals surface area contributed by atoms with Gasteiger partial charge in [-0.25, -0.2) is 4.68 Å². The minimum atomic E-state index is -0.0891. The third kappa shape index (κ3) is 6.66. The number of carbonyl (C=O) groups excluding carboxylic acids is 1. The number of thioether (sulfide) groups is 1. The molecule has 1 aromatic heterocycles. The summed E-state index contributed by atoms with van der Waals surface area (Å²) in [5.41, 5.74) is 2.37.